The molecule has 0 radical (unpaired) electrons. The minimum atomic E-state index is -3.57. The average molecular weight is 348 g/mol. The lowest BCUT2D eigenvalue weighted by Crippen LogP contribution is -2.38. The second-order valence-corrected chi connectivity index (χ2v) is 8.01. The van der Waals surface area contributed by atoms with E-state index in [9.17, 15) is 8.42 Å². The Hall–Kier alpha value is -1.80. The third-order valence-electron chi connectivity index (χ3n) is 3.60. The Morgan fingerprint density at radius 3 is 2.00 bits per heavy atom. The molecule has 0 fully saturated rings. The standard InChI is InChI=1S/C17H24N4O2S/c1-20(2)13-14-5-7-15(8-6-14)17(16-9-11-18-12-10-16)19-24(22,23)21(3)4/h5-12,17,19H,13H2,1-4H3. The first-order chi connectivity index (χ1) is 11.3. The summed E-state index contributed by atoms with van der Waals surface area (Å²) in [5, 5.41) is 0. The molecular weight excluding hydrogens is 324 g/mol. The van der Waals surface area contributed by atoms with Gasteiger partial charge in [-0.3, -0.25) is 4.98 Å². The van der Waals surface area contributed by atoms with Crippen molar-refractivity contribution in [1.82, 2.24) is 18.9 Å². The summed E-state index contributed by atoms with van der Waals surface area (Å²) in [4.78, 5) is 6.09. The molecule has 1 aromatic heterocycles. The van der Waals surface area contributed by atoms with Crippen LogP contribution in [0.25, 0.3) is 0 Å². The maximum atomic E-state index is 12.3. The van der Waals surface area contributed by atoms with Crippen LogP contribution in [0.1, 0.15) is 22.7 Å². The monoisotopic (exact) mass is 348 g/mol. The average Bonchev–Trinajstić information content (AvgIpc) is 2.54. The highest BCUT2D eigenvalue weighted by molar-refractivity contribution is 7.87. The number of nitrogens with zero attached hydrogens (tertiary/aromatic N) is 3. The van der Waals surface area contributed by atoms with Crippen LogP contribution in [0, 0.1) is 0 Å². The molecular formula is C17H24N4O2S. The van der Waals surface area contributed by atoms with Crippen molar-refractivity contribution in [1.29, 1.82) is 0 Å². The lowest BCUT2D eigenvalue weighted by Gasteiger charge is -2.22. The van der Waals surface area contributed by atoms with Gasteiger partial charge in [0.15, 0.2) is 0 Å². The van der Waals surface area contributed by atoms with Gasteiger partial charge in [-0.2, -0.15) is 17.4 Å². The maximum absolute atomic E-state index is 12.3. The minimum absolute atomic E-state index is 0.464. The summed E-state index contributed by atoms with van der Waals surface area (Å²) in [6, 6.07) is 11.1. The number of hydrogen-bond donors (Lipinski definition) is 1. The Balaban J connectivity index is 2.36. The number of rotatable bonds is 7. The number of aromatic nitrogens is 1. The molecule has 1 aromatic carbocycles. The molecule has 0 saturated heterocycles. The third-order valence-corrected chi connectivity index (χ3v) is 5.09. The molecule has 0 aliphatic carbocycles. The van der Waals surface area contributed by atoms with Gasteiger partial charge in [-0.25, -0.2) is 0 Å². The van der Waals surface area contributed by atoms with E-state index in [1.54, 1.807) is 12.4 Å². The Morgan fingerprint density at radius 2 is 1.50 bits per heavy atom. The number of nitrogens with one attached hydrogen (secondary N) is 1. The van der Waals surface area contributed by atoms with Crippen molar-refractivity contribution in [2.24, 2.45) is 0 Å². The first kappa shape index (κ1) is 18.5. The van der Waals surface area contributed by atoms with Crippen LogP contribution in [0.2, 0.25) is 0 Å². The van der Waals surface area contributed by atoms with Gasteiger partial charge < -0.3 is 4.90 Å². The smallest absolute Gasteiger partial charge is 0.279 e. The van der Waals surface area contributed by atoms with Crippen molar-refractivity contribution in [2.75, 3.05) is 28.2 Å². The first-order valence-corrected chi connectivity index (χ1v) is 9.07. The number of benzene rings is 1. The molecule has 0 aliphatic heterocycles. The van der Waals surface area contributed by atoms with E-state index in [-0.39, 0.29) is 0 Å². The second kappa shape index (κ2) is 7.85. The molecule has 0 spiro atoms. The van der Waals surface area contributed by atoms with E-state index < -0.39 is 16.3 Å². The van der Waals surface area contributed by atoms with Gasteiger partial charge in [0.2, 0.25) is 0 Å². The molecule has 24 heavy (non-hydrogen) atoms. The molecule has 1 heterocycles. The van der Waals surface area contributed by atoms with E-state index >= 15 is 0 Å². The second-order valence-electron chi connectivity index (χ2n) is 6.10. The Bertz CT molecular complexity index is 744. The van der Waals surface area contributed by atoms with Crippen LogP contribution in [-0.2, 0) is 16.8 Å². The van der Waals surface area contributed by atoms with Gasteiger partial charge in [0.1, 0.15) is 0 Å². The zero-order valence-corrected chi connectivity index (χ0v) is 15.3. The van der Waals surface area contributed by atoms with Gasteiger partial charge in [-0.05, 0) is 42.9 Å². The summed E-state index contributed by atoms with van der Waals surface area (Å²) in [5.74, 6) is 0. The quantitative estimate of drug-likeness (QED) is 0.826. The maximum Gasteiger partial charge on any atom is 0.279 e. The summed E-state index contributed by atoms with van der Waals surface area (Å²) < 4.78 is 28.5. The summed E-state index contributed by atoms with van der Waals surface area (Å²) >= 11 is 0. The highest BCUT2D eigenvalue weighted by atomic mass is 32.2. The van der Waals surface area contributed by atoms with Gasteiger partial charge in [0.25, 0.3) is 10.2 Å². The van der Waals surface area contributed by atoms with Crippen molar-refractivity contribution in [3.63, 3.8) is 0 Å². The third kappa shape index (κ3) is 4.85. The SMILES string of the molecule is CN(C)Cc1ccc(C(NS(=O)(=O)N(C)C)c2ccncc2)cc1. The summed E-state index contributed by atoms with van der Waals surface area (Å²) in [5.41, 5.74) is 2.90. The molecule has 0 bridgehead atoms. The molecule has 6 nitrogen and oxygen atoms in total. The Kier molecular flexibility index (Phi) is 6.06. The van der Waals surface area contributed by atoms with Crippen molar-refractivity contribution in [2.45, 2.75) is 12.6 Å². The van der Waals surface area contributed by atoms with Crippen LogP contribution in [0.3, 0.4) is 0 Å². The molecule has 1 N–H and O–H groups in total. The van der Waals surface area contributed by atoms with Crippen LogP contribution < -0.4 is 4.72 Å². The molecule has 2 aromatic rings. The van der Waals surface area contributed by atoms with E-state index in [1.807, 2.05) is 50.5 Å². The number of hydrogen-bond acceptors (Lipinski definition) is 4. The topological polar surface area (TPSA) is 65.5 Å². The fourth-order valence-corrected chi connectivity index (χ4v) is 3.10. The Morgan fingerprint density at radius 1 is 0.958 bits per heavy atom. The van der Waals surface area contributed by atoms with E-state index in [0.717, 1.165) is 17.7 Å². The molecule has 0 aliphatic rings. The van der Waals surface area contributed by atoms with Gasteiger partial charge in [-0.1, -0.05) is 24.3 Å². The predicted octanol–water partition coefficient (Wildman–Crippen LogP) is 1.63. The van der Waals surface area contributed by atoms with Gasteiger partial charge >= 0.3 is 0 Å². The van der Waals surface area contributed by atoms with Crippen molar-refractivity contribution >= 4 is 10.2 Å². The molecule has 130 valence electrons. The zero-order valence-electron chi connectivity index (χ0n) is 14.5. The van der Waals surface area contributed by atoms with Crippen molar-refractivity contribution < 1.29 is 8.42 Å². The minimum Gasteiger partial charge on any atom is -0.305 e. The van der Waals surface area contributed by atoms with Crippen LogP contribution in [0.15, 0.2) is 48.8 Å². The lowest BCUT2D eigenvalue weighted by atomic mass is 9.99. The van der Waals surface area contributed by atoms with Crippen LogP contribution in [0.5, 0.6) is 0 Å². The summed E-state index contributed by atoms with van der Waals surface area (Å²) in [6.07, 6.45) is 3.32. The summed E-state index contributed by atoms with van der Waals surface area (Å²) in [7, 11) is 3.47. The summed E-state index contributed by atoms with van der Waals surface area (Å²) in [6.45, 7) is 0.837. The largest absolute Gasteiger partial charge is 0.305 e. The zero-order chi connectivity index (χ0) is 17.7. The van der Waals surface area contributed by atoms with Crippen LogP contribution in [-0.4, -0.2) is 50.8 Å². The highest BCUT2D eigenvalue weighted by Gasteiger charge is 2.22. The molecule has 1 unspecified atom stereocenters. The van der Waals surface area contributed by atoms with Crippen molar-refractivity contribution in [3.8, 4) is 0 Å². The van der Waals surface area contributed by atoms with Crippen molar-refractivity contribution in [3.05, 3.63) is 65.5 Å². The molecule has 2 rings (SSSR count). The van der Waals surface area contributed by atoms with E-state index in [1.165, 1.54) is 24.0 Å². The molecule has 1 atom stereocenters. The lowest BCUT2D eigenvalue weighted by molar-refractivity contribution is 0.402. The first-order valence-electron chi connectivity index (χ1n) is 7.63. The van der Waals surface area contributed by atoms with Gasteiger partial charge in [-0.15, -0.1) is 0 Å². The van der Waals surface area contributed by atoms with Gasteiger partial charge in [0, 0.05) is 33.0 Å². The molecule has 0 saturated carbocycles. The number of pyridine rings is 1. The Labute approximate surface area is 144 Å². The van der Waals surface area contributed by atoms with E-state index in [2.05, 4.69) is 14.6 Å². The van der Waals surface area contributed by atoms with E-state index in [4.69, 9.17) is 0 Å². The highest BCUT2D eigenvalue weighted by Crippen LogP contribution is 2.23. The van der Waals surface area contributed by atoms with Crippen LogP contribution in [0.4, 0.5) is 0 Å². The normalized spacial score (nSPS) is 13.4. The fourth-order valence-electron chi connectivity index (χ4n) is 2.32. The fraction of sp³-hybridized carbons (Fsp3) is 0.353. The van der Waals surface area contributed by atoms with Gasteiger partial charge in [0.05, 0.1) is 6.04 Å². The van der Waals surface area contributed by atoms with Crippen LogP contribution >= 0.6 is 0 Å². The molecule has 0 amide bonds. The predicted molar refractivity (Wildman–Crippen MR) is 95.7 cm³/mol. The molecule has 7 heteroatoms. The van der Waals surface area contributed by atoms with E-state index in [0.29, 0.717) is 0 Å².